The molecular weight excluding hydrogens is 342 g/mol. The van der Waals surface area contributed by atoms with Crippen LogP contribution in [-0.4, -0.2) is 21.9 Å². The minimum Gasteiger partial charge on any atom is -0.497 e. The van der Waals surface area contributed by atoms with Crippen molar-refractivity contribution in [1.29, 1.82) is 0 Å². The fourth-order valence-electron chi connectivity index (χ4n) is 2.38. The van der Waals surface area contributed by atoms with E-state index in [0.29, 0.717) is 0 Å². The lowest BCUT2D eigenvalue weighted by Crippen LogP contribution is -2.00. The van der Waals surface area contributed by atoms with Gasteiger partial charge in [0.25, 0.3) is 0 Å². The van der Waals surface area contributed by atoms with Crippen LogP contribution in [0.1, 0.15) is 12.5 Å². The molecule has 4 nitrogen and oxygen atoms in total. The highest BCUT2D eigenvalue weighted by atomic mass is 35.5. The maximum absolute atomic E-state index is 5.93. The van der Waals surface area contributed by atoms with Crippen LogP contribution in [-0.2, 0) is 12.3 Å². The molecule has 0 radical (unpaired) electrons. The maximum Gasteiger partial charge on any atom is 0.191 e. The molecule has 0 N–H and O–H groups in total. The predicted octanol–water partition coefficient (Wildman–Crippen LogP) is 4.92. The second-order valence-electron chi connectivity index (χ2n) is 5.20. The van der Waals surface area contributed by atoms with Gasteiger partial charge < -0.3 is 9.30 Å². The summed E-state index contributed by atoms with van der Waals surface area (Å²) in [6.45, 7) is 2.90. The third kappa shape index (κ3) is 3.74. The van der Waals surface area contributed by atoms with E-state index < -0.39 is 0 Å². The Hall–Kier alpha value is -1.98. The summed E-state index contributed by atoms with van der Waals surface area (Å²) in [4.78, 5) is 0. The molecule has 1 aromatic heterocycles. The lowest BCUT2D eigenvalue weighted by atomic mass is 10.2. The number of benzene rings is 2. The van der Waals surface area contributed by atoms with Gasteiger partial charge in [-0.3, -0.25) is 0 Å². The molecule has 0 spiro atoms. The van der Waals surface area contributed by atoms with Crippen molar-refractivity contribution >= 4 is 23.4 Å². The number of thioether (sulfide) groups is 1. The van der Waals surface area contributed by atoms with Crippen molar-refractivity contribution in [2.24, 2.45) is 0 Å². The first-order chi connectivity index (χ1) is 11.7. The number of methoxy groups -OCH3 is 1. The fourth-order valence-corrected chi connectivity index (χ4v) is 3.47. The van der Waals surface area contributed by atoms with E-state index in [9.17, 15) is 0 Å². The number of ether oxygens (including phenoxy) is 1. The van der Waals surface area contributed by atoms with Gasteiger partial charge in [0.1, 0.15) is 5.75 Å². The smallest absolute Gasteiger partial charge is 0.191 e. The van der Waals surface area contributed by atoms with Crippen LogP contribution in [0.2, 0.25) is 5.02 Å². The van der Waals surface area contributed by atoms with Crippen molar-refractivity contribution in [3.05, 3.63) is 59.1 Å². The number of rotatable bonds is 6. The third-order valence-electron chi connectivity index (χ3n) is 3.64. The van der Waals surface area contributed by atoms with Crippen molar-refractivity contribution < 1.29 is 4.74 Å². The zero-order valence-corrected chi connectivity index (χ0v) is 15.1. The highest BCUT2D eigenvalue weighted by molar-refractivity contribution is 7.98. The molecule has 0 aliphatic carbocycles. The Labute approximate surface area is 150 Å². The Kier molecular flexibility index (Phi) is 5.43. The molecular formula is C18H18ClN3OS. The van der Waals surface area contributed by atoms with Crippen LogP contribution >= 0.6 is 23.4 Å². The van der Waals surface area contributed by atoms with Crippen molar-refractivity contribution in [2.45, 2.75) is 24.4 Å². The van der Waals surface area contributed by atoms with Crippen LogP contribution in [0.4, 0.5) is 0 Å². The van der Waals surface area contributed by atoms with Gasteiger partial charge in [-0.25, -0.2) is 0 Å². The monoisotopic (exact) mass is 359 g/mol. The average molecular weight is 360 g/mol. The standard InChI is InChI=1S/C18H18ClN3OS/c1-3-22-17(14-5-4-6-16(11-14)23-2)20-21-18(22)24-12-13-7-9-15(19)10-8-13/h4-11H,3,12H2,1-2H3. The SMILES string of the molecule is CCn1c(SCc2ccc(Cl)cc2)nnc1-c1cccc(OC)c1. The number of halogens is 1. The molecule has 0 aliphatic rings. The summed E-state index contributed by atoms with van der Waals surface area (Å²) < 4.78 is 7.42. The molecule has 124 valence electrons. The number of aromatic nitrogens is 3. The van der Waals surface area contributed by atoms with E-state index in [1.807, 2.05) is 48.5 Å². The summed E-state index contributed by atoms with van der Waals surface area (Å²) in [7, 11) is 1.66. The normalized spacial score (nSPS) is 10.8. The van der Waals surface area contributed by atoms with E-state index in [-0.39, 0.29) is 0 Å². The number of nitrogens with zero attached hydrogens (tertiary/aromatic N) is 3. The summed E-state index contributed by atoms with van der Waals surface area (Å²) in [5, 5.41) is 10.4. The third-order valence-corrected chi connectivity index (χ3v) is 4.93. The summed E-state index contributed by atoms with van der Waals surface area (Å²) in [5.41, 5.74) is 2.21. The molecule has 0 unspecified atom stereocenters. The Morgan fingerprint density at radius 2 is 1.92 bits per heavy atom. The lowest BCUT2D eigenvalue weighted by Gasteiger charge is -2.08. The van der Waals surface area contributed by atoms with Gasteiger partial charge >= 0.3 is 0 Å². The molecule has 0 fully saturated rings. The summed E-state index contributed by atoms with van der Waals surface area (Å²) in [6.07, 6.45) is 0. The number of hydrogen-bond acceptors (Lipinski definition) is 4. The van der Waals surface area contributed by atoms with Gasteiger partial charge in [-0.05, 0) is 36.8 Å². The van der Waals surface area contributed by atoms with E-state index in [4.69, 9.17) is 16.3 Å². The summed E-state index contributed by atoms with van der Waals surface area (Å²) >= 11 is 7.60. The number of hydrogen-bond donors (Lipinski definition) is 0. The average Bonchev–Trinajstić information content (AvgIpc) is 3.04. The maximum atomic E-state index is 5.93. The van der Waals surface area contributed by atoms with Crippen molar-refractivity contribution in [2.75, 3.05) is 7.11 Å². The molecule has 0 saturated heterocycles. The second-order valence-corrected chi connectivity index (χ2v) is 6.58. The molecule has 3 rings (SSSR count). The first-order valence-corrected chi connectivity index (χ1v) is 9.02. The zero-order chi connectivity index (χ0) is 16.9. The molecule has 24 heavy (non-hydrogen) atoms. The molecule has 0 aliphatic heterocycles. The Bertz CT molecular complexity index is 817. The molecule has 2 aromatic carbocycles. The van der Waals surface area contributed by atoms with Gasteiger partial charge in [-0.1, -0.05) is 47.6 Å². The van der Waals surface area contributed by atoms with Crippen LogP contribution < -0.4 is 4.74 Å². The largest absolute Gasteiger partial charge is 0.497 e. The lowest BCUT2D eigenvalue weighted by molar-refractivity contribution is 0.415. The van der Waals surface area contributed by atoms with Gasteiger partial charge in [0, 0.05) is 22.9 Å². The van der Waals surface area contributed by atoms with Crippen molar-refractivity contribution in [3.8, 4) is 17.1 Å². The van der Waals surface area contributed by atoms with Crippen LogP contribution in [0.3, 0.4) is 0 Å². The molecule has 6 heteroatoms. The van der Waals surface area contributed by atoms with E-state index in [1.165, 1.54) is 5.56 Å². The quantitative estimate of drug-likeness (QED) is 0.586. The summed E-state index contributed by atoms with van der Waals surface area (Å²) in [6, 6.07) is 15.8. The molecule has 1 heterocycles. The van der Waals surface area contributed by atoms with Crippen LogP contribution in [0, 0.1) is 0 Å². The molecule has 0 amide bonds. The van der Waals surface area contributed by atoms with Gasteiger partial charge in [-0.15, -0.1) is 10.2 Å². The zero-order valence-electron chi connectivity index (χ0n) is 13.6. The van der Waals surface area contributed by atoms with Crippen LogP contribution in [0.15, 0.2) is 53.7 Å². The first-order valence-electron chi connectivity index (χ1n) is 7.66. The van der Waals surface area contributed by atoms with Crippen molar-refractivity contribution in [3.63, 3.8) is 0 Å². The van der Waals surface area contributed by atoms with Crippen LogP contribution in [0.5, 0.6) is 5.75 Å². The minimum atomic E-state index is 0.751. The Balaban J connectivity index is 1.82. The Morgan fingerprint density at radius 3 is 2.62 bits per heavy atom. The molecule has 3 aromatic rings. The van der Waals surface area contributed by atoms with E-state index >= 15 is 0 Å². The van der Waals surface area contributed by atoms with Gasteiger partial charge in [-0.2, -0.15) is 0 Å². The van der Waals surface area contributed by atoms with E-state index in [1.54, 1.807) is 18.9 Å². The second kappa shape index (κ2) is 7.73. The topological polar surface area (TPSA) is 39.9 Å². The minimum absolute atomic E-state index is 0.751. The highest BCUT2D eigenvalue weighted by Crippen LogP contribution is 2.28. The highest BCUT2D eigenvalue weighted by Gasteiger charge is 2.13. The Morgan fingerprint density at radius 1 is 1.12 bits per heavy atom. The molecule has 0 saturated carbocycles. The van der Waals surface area contributed by atoms with Crippen LogP contribution in [0.25, 0.3) is 11.4 Å². The fraction of sp³-hybridized carbons (Fsp3) is 0.222. The molecule has 0 atom stereocenters. The summed E-state index contributed by atoms with van der Waals surface area (Å²) in [5.74, 6) is 2.50. The predicted molar refractivity (Wildman–Crippen MR) is 98.7 cm³/mol. The van der Waals surface area contributed by atoms with Gasteiger partial charge in [0.2, 0.25) is 0 Å². The molecule has 0 bridgehead atoms. The first kappa shape index (κ1) is 16.9. The van der Waals surface area contributed by atoms with Crippen molar-refractivity contribution in [1.82, 2.24) is 14.8 Å². The van der Waals surface area contributed by atoms with Gasteiger partial charge in [0.05, 0.1) is 7.11 Å². The van der Waals surface area contributed by atoms with E-state index in [0.717, 1.165) is 39.6 Å². The van der Waals surface area contributed by atoms with Gasteiger partial charge in [0.15, 0.2) is 11.0 Å². The van der Waals surface area contributed by atoms with E-state index in [2.05, 4.69) is 21.7 Å².